The molecule has 0 aliphatic heterocycles. The number of benzene rings is 3. The van der Waals surface area contributed by atoms with Gasteiger partial charge in [0.25, 0.3) is 0 Å². The molecule has 0 aliphatic rings. The van der Waals surface area contributed by atoms with Crippen molar-refractivity contribution in [1.82, 2.24) is 0 Å². The molecule has 0 aliphatic carbocycles. The first-order chi connectivity index (χ1) is 14.0. The average Bonchev–Trinajstić information content (AvgIpc) is 3.10. The van der Waals surface area contributed by atoms with Gasteiger partial charge in [-0.1, -0.05) is 64.3 Å². The molecule has 0 nitrogen and oxygen atoms in total. The van der Waals surface area contributed by atoms with Crippen LogP contribution < -0.4 is 0 Å². The number of hydrogen-bond donors (Lipinski definition) is 0. The van der Waals surface area contributed by atoms with Crippen LogP contribution >= 0.6 is 27.3 Å². The molecule has 96 valence electrons. The van der Waals surface area contributed by atoms with Gasteiger partial charge in [0, 0.05) is 24.6 Å². The Kier molecular flexibility index (Phi) is 1.33. The maximum atomic E-state index is 8.44. The molecule has 0 spiro atoms. The summed E-state index contributed by atoms with van der Waals surface area (Å²) in [5, 5.41) is 0.192. The fraction of sp³-hybridized carbons (Fsp3) is 0. The van der Waals surface area contributed by atoms with Crippen molar-refractivity contribution >= 4 is 47.4 Å². The zero-order chi connectivity index (χ0) is 22.2. The van der Waals surface area contributed by atoms with E-state index >= 15 is 0 Å². The van der Waals surface area contributed by atoms with E-state index in [0.29, 0.717) is 0 Å². The Morgan fingerprint density at radius 1 is 0.900 bits per heavy atom. The first kappa shape index (κ1) is 5.63. The predicted octanol–water partition coefficient (Wildman–Crippen LogP) is 6.48. The SMILES string of the molecule is [2H]c1cc([2H])c(-c2c([2H])c([2H])c([2H])c3c2sc2c([2H])c([2H])c([2H])c([2H])c23)c([2H])c1Br. The number of rotatable bonds is 1. The van der Waals surface area contributed by atoms with Gasteiger partial charge in [-0.05, 0) is 29.3 Å². The highest BCUT2D eigenvalue weighted by atomic mass is 79.9. The molecule has 4 aromatic rings. The summed E-state index contributed by atoms with van der Waals surface area (Å²) in [7, 11) is 0. The summed E-state index contributed by atoms with van der Waals surface area (Å²) in [6.45, 7) is 0. The molecular weight excluding hydrogens is 328 g/mol. The molecule has 2 heteroatoms. The first-order valence-corrected chi connectivity index (χ1v) is 7.28. The summed E-state index contributed by atoms with van der Waals surface area (Å²) >= 11 is 4.10. The van der Waals surface area contributed by atoms with Crippen molar-refractivity contribution in [3.63, 3.8) is 0 Å². The third kappa shape index (κ3) is 1.88. The van der Waals surface area contributed by atoms with Gasteiger partial charge in [0.2, 0.25) is 0 Å². The Morgan fingerprint density at radius 3 is 2.70 bits per heavy atom. The molecule has 4 rings (SSSR count). The fourth-order valence-corrected chi connectivity index (χ4v) is 3.38. The highest BCUT2D eigenvalue weighted by Crippen LogP contribution is 2.39. The van der Waals surface area contributed by atoms with Gasteiger partial charge in [-0.3, -0.25) is 0 Å². The number of thiophene rings is 1. The second kappa shape index (κ2) is 4.72. The van der Waals surface area contributed by atoms with Crippen LogP contribution in [0.2, 0.25) is 0 Å². The summed E-state index contributed by atoms with van der Waals surface area (Å²) in [5.41, 5.74) is 0.0444. The van der Waals surface area contributed by atoms with Crippen LogP contribution in [-0.2, 0) is 0 Å². The topological polar surface area (TPSA) is 0 Å². The zero-order valence-electron chi connectivity index (χ0n) is 19.9. The minimum atomic E-state index is -0.463. The molecule has 0 unspecified atom stereocenters. The molecule has 0 amide bonds. The van der Waals surface area contributed by atoms with Gasteiger partial charge >= 0.3 is 0 Å². The third-order valence-corrected chi connectivity index (χ3v) is 4.39. The van der Waals surface area contributed by atoms with Crippen LogP contribution in [0.15, 0.2) is 71.0 Å². The van der Waals surface area contributed by atoms with Crippen LogP contribution in [-0.4, -0.2) is 0 Å². The van der Waals surface area contributed by atoms with E-state index < -0.39 is 18.1 Å². The van der Waals surface area contributed by atoms with E-state index in [1.807, 2.05) is 0 Å². The molecular formula is C18H11BrS. The molecule has 0 saturated carbocycles. The van der Waals surface area contributed by atoms with Crippen molar-refractivity contribution in [2.75, 3.05) is 0 Å². The van der Waals surface area contributed by atoms with Crippen molar-refractivity contribution in [3.05, 3.63) is 71.0 Å². The molecule has 0 bridgehead atoms. The lowest BCUT2D eigenvalue weighted by Gasteiger charge is -2.04. The predicted molar refractivity (Wildman–Crippen MR) is 92.5 cm³/mol. The molecule has 1 aromatic heterocycles. The maximum absolute atomic E-state index is 8.44. The Labute approximate surface area is 143 Å². The Bertz CT molecular complexity index is 1410. The Hall–Kier alpha value is -1.64. The Morgan fingerprint density at radius 2 is 1.75 bits per heavy atom. The highest BCUT2D eigenvalue weighted by molar-refractivity contribution is 9.10. The second-order valence-electron chi connectivity index (χ2n) is 4.01. The van der Waals surface area contributed by atoms with E-state index in [9.17, 15) is 0 Å². The zero-order valence-corrected chi connectivity index (χ0v) is 12.3. The molecule has 0 fully saturated rings. The van der Waals surface area contributed by atoms with Gasteiger partial charge < -0.3 is 0 Å². The van der Waals surface area contributed by atoms with Crippen molar-refractivity contribution in [2.45, 2.75) is 0 Å². The van der Waals surface area contributed by atoms with Gasteiger partial charge in [-0.15, -0.1) is 11.3 Å². The lowest BCUT2D eigenvalue weighted by molar-refractivity contribution is 1.63. The molecule has 3 aromatic carbocycles. The molecule has 0 radical (unpaired) electrons. The van der Waals surface area contributed by atoms with Crippen LogP contribution in [0.4, 0.5) is 0 Å². The van der Waals surface area contributed by atoms with Gasteiger partial charge in [-0.25, -0.2) is 0 Å². The molecule has 0 N–H and O–H groups in total. The van der Waals surface area contributed by atoms with Gasteiger partial charge in [0.1, 0.15) is 0 Å². The highest BCUT2D eigenvalue weighted by Gasteiger charge is 2.09. The van der Waals surface area contributed by atoms with Crippen LogP contribution in [0.3, 0.4) is 0 Å². The minimum absolute atomic E-state index is 0.00295. The smallest absolute Gasteiger partial charge is 0.0641 e. The van der Waals surface area contributed by atoms with Crippen LogP contribution in [0.1, 0.15) is 13.7 Å². The van der Waals surface area contributed by atoms with E-state index in [-0.39, 0.29) is 78.1 Å². The summed E-state index contributed by atoms with van der Waals surface area (Å²) in [6.07, 6.45) is 0. The maximum Gasteiger partial charge on any atom is 0.0641 e. The van der Waals surface area contributed by atoms with E-state index in [0.717, 1.165) is 11.3 Å². The van der Waals surface area contributed by atoms with Crippen molar-refractivity contribution < 1.29 is 13.7 Å². The van der Waals surface area contributed by atoms with Crippen LogP contribution in [0.5, 0.6) is 0 Å². The minimum Gasteiger partial charge on any atom is -0.135 e. The lowest BCUT2D eigenvalue weighted by Crippen LogP contribution is -1.77. The largest absolute Gasteiger partial charge is 0.135 e. The Balaban J connectivity index is 2.34. The van der Waals surface area contributed by atoms with Crippen LogP contribution in [0.25, 0.3) is 31.3 Å². The van der Waals surface area contributed by atoms with Crippen molar-refractivity contribution in [2.24, 2.45) is 0 Å². The molecule has 20 heavy (non-hydrogen) atoms. The van der Waals surface area contributed by atoms with Gasteiger partial charge in [0.15, 0.2) is 0 Å². The normalized spacial score (nSPS) is 18.2. The lowest BCUT2D eigenvalue weighted by atomic mass is 10.0. The van der Waals surface area contributed by atoms with E-state index in [1.54, 1.807) is 0 Å². The van der Waals surface area contributed by atoms with E-state index in [1.165, 1.54) is 6.07 Å². The summed E-state index contributed by atoms with van der Waals surface area (Å²) in [5.74, 6) is 0. The molecule has 0 atom stereocenters. The summed E-state index contributed by atoms with van der Waals surface area (Å²) in [4.78, 5) is 0. The average molecular weight is 349 g/mol. The van der Waals surface area contributed by atoms with Gasteiger partial charge in [-0.2, -0.15) is 0 Å². The quantitative estimate of drug-likeness (QED) is 0.369. The second-order valence-corrected chi connectivity index (χ2v) is 5.82. The molecule has 0 saturated heterocycles. The first-order valence-electron chi connectivity index (χ1n) is 10.7. The van der Waals surface area contributed by atoms with Crippen molar-refractivity contribution in [3.8, 4) is 11.1 Å². The summed E-state index contributed by atoms with van der Waals surface area (Å²) in [6, 6.07) is -1.95. The standard InChI is InChI=1S/C18H11BrS/c19-13-6-3-5-12(11-13)14-8-4-9-16-15-7-1-2-10-17(15)20-18(14)16/h1-11H/i1D,2D,4D,5D,6D,7D,8D,9D,10D,11D. The van der Waals surface area contributed by atoms with Crippen LogP contribution in [0, 0.1) is 0 Å². The summed E-state index contributed by atoms with van der Waals surface area (Å²) < 4.78 is 82.5. The fourth-order valence-electron chi connectivity index (χ4n) is 1.99. The van der Waals surface area contributed by atoms with E-state index in [4.69, 9.17) is 13.7 Å². The monoisotopic (exact) mass is 348 g/mol. The van der Waals surface area contributed by atoms with Gasteiger partial charge in [0.05, 0.1) is 13.7 Å². The van der Waals surface area contributed by atoms with Crippen molar-refractivity contribution in [1.29, 1.82) is 0 Å². The number of halogens is 1. The number of fused-ring (bicyclic) bond motifs is 3. The number of hydrogen-bond acceptors (Lipinski definition) is 1. The van der Waals surface area contributed by atoms with E-state index in [2.05, 4.69) is 15.9 Å². The molecule has 1 heterocycles. The third-order valence-electron chi connectivity index (χ3n) is 2.84.